The van der Waals surface area contributed by atoms with Crippen molar-refractivity contribution in [1.29, 1.82) is 0 Å². The van der Waals surface area contributed by atoms with Gasteiger partial charge >= 0.3 is 0 Å². The van der Waals surface area contributed by atoms with Gasteiger partial charge in [0.25, 0.3) is 0 Å². The van der Waals surface area contributed by atoms with Crippen LogP contribution in [-0.2, 0) is 25.8 Å². The Morgan fingerprint density at radius 3 is 2.00 bits per heavy atom. The van der Waals surface area contributed by atoms with E-state index in [9.17, 15) is 0 Å². The summed E-state index contributed by atoms with van der Waals surface area (Å²) in [6, 6.07) is 0. The molecule has 3 heteroatoms. The molecule has 0 saturated heterocycles. The van der Waals surface area contributed by atoms with Crippen molar-refractivity contribution in [1.82, 2.24) is 0 Å². The molecule has 78 valence electrons. The third-order valence-electron chi connectivity index (χ3n) is 1.45. The van der Waals surface area contributed by atoms with Crippen molar-refractivity contribution in [2.45, 2.75) is 19.8 Å². The number of halogens is 2. The minimum atomic E-state index is 0. The van der Waals surface area contributed by atoms with E-state index in [4.69, 9.17) is 0 Å². The maximum atomic E-state index is 3.12. The van der Waals surface area contributed by atoms with E-state index in [1.807, 2.05) is 12.2 Å². The summed E-state index contributed by atoms with van der Waals surface area (Å²) in [5.74, 6) is 0. The largest absolute Gasteiger partial charge is 0.273 e. The molecular formula is C11H14Cl2Hf-2. The van der Waals surface area contributed by atoms with Crippen LogP contribution in [0.3, 0.4) is 0 Å². The number of allylic oxidation sites excluding steroid dienone is 8. The van der Waals surface area contributed by atoms with Crippen LogP contribution in [0.4, 0.5) is 0 Å². The quantitative estimate of drug-likeness (QED) is 0.432. The molecule has 0 spiro atoms. The Morgan fingerprint density at radius 2 is 1.86 bits per heavy atom. The van der Waals surface area contributed by atoms with Gasteiger partial charge in [-0.15, -0.1) is 37.7 Å². The summed E-state index contributed by atoms with van der Waals surface area (Å²) < 4.78 is 0. The molecule has 0 fully saturated rings. The SMILES string of the molecule is CC1=[C-]CC=C1.Cl.Cl.[C-]1=CC=CC1.[Hf]. The van der Waals surface area contributed by atoms with Gasteiger partial charge in [-0.2, -0.15) is 12.2 Å². The maximum absolute atomic E-state index is 3.12. The molecule has 0 unspecified atom stereocenters. The van der Waals surface area contributed by atoms with Crippen molar-refractivity contribution in [2.24, 2.45) is 0 Å². The van der Waals surface area contributed by atoms with E-state index in [-0.39, 0.29) is 50.7 Å². The molecule has 2 aliphatic carbocycles. The van der Waals surface area contributed by atoms with Crippen molar-refractivity contribution in [3.8, 4) is 0 Å². The Labute approximate surface area is 118 Å². The molecule has 14 heavy (non-hydrogen) atoms. The third kappa shape index (κ3) is 10.5. The first kappa shape index (κ1) is 19.9. The zero-order chi connectivity index (χ0) is 7.94. The monoisotopic (exact) mass is 396 g/mol. The first-order valence-corrected chi connectivity index (χ1v) is 3.85. The Morgan fingerprint density at radius 1 is 1.14 bits per heavy atom. The second-order valence-electron chi connectivity index (χ2n) is 2.47. The van der Waals surface area contributed by atoms with Crippen LogP contribution in [0.5, 0.6) is 0 Å². The first-order chi connectivity index (χ1) is 5.39. The summed E-state index contributed by atoms with van der Waals surface area (Å²) in [5, 5.41) is 0. The Hall–Kier alpha value is 0.410. The molecule has 0 aromatic carbocycles. The van der Waals surface area contributed by atoms with Gasteiger partial charge in [-0.1, -0.05) is 6.92 Å². The minimum absolute atomic E-state index is 0. The van der Waals surface area contributed by atoms with E-state index in [1.54, 1.807) is 0 Å². The fourth-order valence-corrected chi connectivity index (χ4v) is 0.855. The first-order valence-electron chi connectivity index (χ1n) is 3.85. The summed E-state index contributed by atoms with van der Waals surface area (Å²) in [6.45, 7) is 2.06. The van der Waals surface area contributed by atoms with Gasteiger partial charge in [-0.3, -0.25) is 12.2 Å². The molecule has 0 aliphatic heterocycles. The van der Waals surface area contributed by atoms with Crippen LogP contribution in [0.2, 0.25) is 0 Å². The molecule has 0 aromatic rings. The topological polar surface area (TPSA) is 0 Å². The van der Waals surface area contributed by atoms with Crippen LogP contribution in [0.1, 0.15) is 19.8 Å². The molecule has 0 aromatic heterocycles. The van der Waals surface area contributed by atoms with E-state index >= 15 is 0 Å². The minimum Gasteiger partial charge on any atom is -0.273 e. The molecule has 0 N–H and O–H groups in total. The van der Waals surface area contributed by atoms with E-state index in [1.165, 1.54) is 5.57 Å². The van der Waals surface area contributed by atoms with Gasteiger partial charge in [-0.25, -0.2) is 23.8 Å². The predicted octanol–water partition coefficient (Wildman–Crippen LogP) is 3.84. The van der Waals surface area contributed by atoms with Crippen LogP contribution in [-0.4, -0.2) is 0 Å². The van der Waals surface area contributed by atoms with Crippen molar-refractivity contribution < 1.29 is 25.8 Å². The summed E-state index contributed by atoms with van der Waals surface area (Å²) in [7, 11) is 0. The fourth-order valence-electron chi connectivity index (χ4n) is 0.855. The van der Waals surface area contributed by atoms with Gasteiger partial charge in [-0.05, 0) is 0 Å². The van der Waals surface area contributed by atoms with Crippen molar-refractivity contribution >= 4 is 24.8 Å². The second-order valence-corrected chi connectivity index (χ2v) is 2.47. The average molecular weight is 396 g/mol. The molecule has 0 nitrogen and oxygen atoms in total. The van der Waals surface area contributed by atoms with Gasteiger partial charge in [0.1, 0.15) is 0 Å². The van der Waals surface area contributed by atoms with Gasteiger partial charge in [0, 0.05) is 25.8 Å². The Bertz CT molecular complexity index is 215. The summed E-state index contributed by atoms with van der Waals surface area (Å²) >= 11 is 0. The summed E-state index contributed by atoms with van der Waals surface area (Å²) in [6.07, 6.45) is 18.3. The molecule has 2 aliphatic rings. The molecule has 0 heterocycles. The van der Waals surface area contributed by atoms with Gasteiger partial charge in [0.2, 0.25) is 0 Å². The zero-order valence-electron chi connectivity index (χ0n) is 8.12. The van der Waals surface area contributed by atoms with Crippen molar-refractivity contribution in [3.05, 3.63) is 48.1 Å². The molecule has 0 radical (unpaired) electrons. The molecule has 0 atom stereocenters. The standard InChI is InChI=1S/C6H7.C5H5.2ClH.Hf/c1-6-4-2-3-5-6;1-2-4-5-3-1;;;/h2,4H,3H2,1H3;1-3H,4H2;2*1H;/q2*-1;;;. The van der Waals surface area contributed by atoms with Gasteiger partial charge < -0.3 is 0 Å². The van der Waals surface area contributed by atoms with Gasteiger partial charge in [0.15, 0.2) is 0 Å². The van der Waals surface area contributed by atoms with E-state index in [0.29, 0.717) is 0 Å². The van der Waals surface area contributed by atoms with Gasteiger partial charge in [0.05, 0.1) is 0 Å². The average Bonchev–Trinajstić information content (AvgIpc) is 2.57. The number of hydrogen-bond acceptors (Lipinski definition) is 0. The van der Waals surface area contributed by atoms with Crippen LogP contribution < -0.4 is 0 Å². The molecule has 0 amide bonds. The number of rotatable bonds is 0. The summed E-state index contributed by atoms with van der Waals surface area (Å²) in [4.78, 5) is 0. The smallest absolute Gasteiger partial charge is 0 e. The van der Waals surface area contributed by atoms with Crippen LogP contribution >= 0.6 is 24.8 Å². The van der Waals surface area contributed by atoms with E-state index < -0.39 is 0 Å². The Balaban J connectivity index is -0.000000144. The van der Waals surface area contributed by atoms with E-state index in [0.717, 1.165) is 12.8 Å². The maximum Gasteiger partial charge on any atom is 0 e. The second kappa shape index (κ2) is 13.4. The fraction of sp³-hybridized carbons (Fsp3) is 0.273. The van der Waals surface area contributed by atoms with Crippen molar-refractivity contribution in [3.63, 3.8) is 0 Å². The van der Waals surface area contributed by atoms with Crippen LogP contribution in [0.15, 0.2) is 36.0 Å². The molecule has 0 bridgehead atoms. The van der Waals surface area contributed by atoms with Crippen molar-refractivity contribution in [2.75, 3.05) is 0 Å². The zero-order valence-corrected chi connectivity index (χ0v) is 13.3. The predicted molar refractivity (Wildman–Crippen MR) is 62.3 cm³/mol. The molecule has 2 rings (SSSR count). The summed E-state index contributed by atoms with van der Waals surface area (Å²) in [5.41, 5.74) is 1.27. The normalized spacial score (nSPS) is 14.2. The van der Waals surface area contributed by atoms with E-state index in [2.05, 4.69) is 37.3 Å². The number of hydrogen-bond donors (Lipinski definition) is 0. The van der Waals surface area contributed by atoms with Crippen LogP contribution in [0, 0.1) is 12.2 Å². The van der Waals surface area contributed by atoms with Crippen LogP contribution in [0.25, 0.3) is 0 Å². The molecule has 0 saturated carbocycles. The molecular weight excluding hydrogens is 382 g/mol. The Kier molecular flexibility index (Phi) is 19.1. The third-order valence-corrected chi connectivity index (χ3v) is 1.45.